The van der Waals surface area contributed by atoms with Gasteiger partial charge in [0.2, 0.25) is 5.91 Å². The number of carbonyl (C=O) groups excluding carboxylic acids is 1. The minimum Gasteiger partial charge on any atom is -0.341 e. The number of halogens is 1. The molecule has 0 radical (unpaired) electrons. The quantitative estimate of drug-likeness (QED) is 0.889. The van der Waals surface area contributed by atoms with Gasteiger partial charge in [-0.25, -0.2) is 0 Å². The van der Waals surface area contributed by atoms with Crippen LogP contribution in [0.4, 0.5) is 0 Å². The van der Waals surface area contributed by atoms with E-state index in [1.54, 1.807) is 6.20 Å². The normalized spacial score (nSPS) is 21.5. The van der Waals surface area contributed by atoms with Crippen LogP contribution in [-0.4, -0.2) is 44.9 Å². The van der Waals surface area contributed by atoms with Gasteiger partial charge < -0.3 is 10.6 Å². The van der Waals surface area contributed by atoms with Gasteiger partial charge in [0.1, 0.15) is 0 Å². The number of likely N-dealkylation sites (tertiary alicyclic amines) is 1. The molecule has 6 nitrogen and oxygen atoms in total. The van der Waals surface area contributed by atoms with E-state index in [0.717, 1.165) is 38.9 Å². The lowest BCUT2D eigenvalue weighted by molar-refractivity contribution is -0.135. The number of rotatable bonds is 5. The summed E-state index contributed by atoms with van der Waals surface area (Å²) in [5.41, 5.74) is 6.06. The lowest BCUT2D eigenvalue weighted by Gasteiger charge is -2.35. The van der Waals surface area contributed by atoms with Crippen molar-refractivity contribution in [2.75, 3.05) is 13.1 Å². The van der Waals surface area contributed by atoms with E-state index in [1.165, 1.54) is 0 Å². The van der Waals surface area contributed by atoms with Crippen LogP contribution in [0.3, 0.4) is 0 Å². The molecule has 1 fully saturated rings. The number of hydrogen-bond acceptors (Lipinski definition) is 4. The Morgan fingerprint density at radius 2 is 2.29 bits per heavy atom. The molecular weight excluding hydrogens is 290 g/mol. The molecule has 120 valence electrons. The number of nitrogens with two attached hydrogens (primary N) is 1. The zero-order valence-electron chi connectivity index (χ0n) is 12.8. The van der Waals surface area contributed by atoms with E-state index in [1.807, 2.05) is 22.7 Å². The maximum atomic E-state index is 12.4. The second-order valence-corrected chi connectivity index (χ2v) is 5.83. The molecule has 2 N–H and O–H groups in total. The Morgan fingerprint density at radius 1 is 1.52 bits per heavy atom. The van der Waals surface area contributed by atoms with Gasteiger partial charge in [-0.05, 0) is 24.7 Å². The number of piperidine rings is 1. The first-order valence-electron chi connectivity index (χ1n) is 7.50. The Morgan fingerprint density at radius 3 is 2.90 bits per heavy atom. The number of amides is 1. The molecule has 3 unspecified atom stereocenters. The standard InChI is InChI=1S/C14H25N5O.ClH/c1-3-11(2)13(15)14(20)18-7-4-5-12(9-18)10-19-8-6-16-17-19;/h6,8,11-13H,3-5,7,9-10,15H2,1-2H3;1H. The van der Waals surface area contributed by atoms with E-state index < -0.39 is 0 Å². The van der Waals surface area contributed by atoms with Gasteiger partial charge in [0.05, 0.1) is 12.2 Å². The second-order valence-electron chi connectivity index (χ2n) is 5.83. The van der Waals surface area contributed by atoms with Crippen LogP contribution in [0.15, 0.2) is 12.4 Å². The highest BCUT2D eigenvalue weighted by atomic mass is 35.5. The number of aromatic nitrogens is 3. The van der Waals surface area contributed by atoms with Crippen LogP contribution in [-0.2, 0) is 11.3 Å². The molecule has 1 aliphatic rings. The highest BCUT2D eigenvalue weighted by Gasteiger charge is 2.29. The van der Waals surface area contributed by atoms with Crippen LogP contribution in [0.5, 0.6) is 0 Å². The van der Waals surface area contributed by atoms with Gasteiger partial charge in [-0.3, -0.25) is 9.48 Å². The summed E-state index contributed by atoms with van der Waals surface area (Å²) in [6, 6.07) is -0.370. The van der Waals surface area contributed by atoms with Crippen molar-refractivity contribution in [1.82, 2.24) is 19.9 Å². The monoisotopic (exact) mass is 315 g/mol. The van der Waals surface area contributed by atoms with Crippen LogP contribution in [0, 0.1) is 11.8 Å². The molecule has 0 aromatic carbocycles. The Kier molecular flexibility index (Phi) is 7.11. The van der Waals surface area contributed by atoms with Crippen molar-refractivity contribution in [3.8, 4) is 0 Å². The second kappa shape index (κ2) is 8.34. The average Bonchev–Trinajstić information content (AvgIpc) is 2.98. The van der Waals surface area contributed by atoms with Crippen molar-refractivity contribution in [2.45, 2.75) is 45.7 Å². The summed E-state index contributed by atoms with van der Waals surface area (Å²) in [6.45, 7) is 6.54. The fraction of sp³-hybridized carbons (Fsp3) is 0.786. The van der Waals surface area contributed by atoms with Crippen LogP contribution >= 0.6 is 12.4 Å². The van der Waals surface area contributed by atoms with Gasteiger partial charge in [-0.15, -0.1) is 17.5 Å². The van der Waals surface area contributed by atoms with Crippen LogP contribution in [0.1, 0.15) is 33.1 Å². The fourth-order valence-corrected chi connectivity index (χ4v) is 2.72. The molecule has 1 aromatic rings. The van der Waals surface area contributed by atoms with E-state index in [0.29, 0.717) is 5.92 Å². The van der Waals surface area contributed by atoms with Crippen molar-refractivity contribution in [1.29, 1.82) is 0 Å². The molecule has 1 aromatic heterocycles. The van der Waals surface area contributed by atoms with Crippen LogP contribution in [0.25, 0.3) is 0 Å². The summed E-state index contributed by atoms with van der Waals surface area (Å²) >= 11 is 0. The molecule has 7 heteroatoms. The molecule has 1 amide bonds. The van der Waals surface area contributed by atoms with Crippen LogP contribution in [0.2, 0.25) is 0 Å². The van der Waals surface area contributed by atoms with Gasteiger partial charge in [0.25, 0.3) is 0 Å². The largest absolute Gasteiger partial charge is 0.341 e. The van der Waals surface area contributed by atoms with Gasteiger partial charge in [0.15, 0.2) is 0 Å². The van der Waals surface area contributed by atoms with E-state index in [2.05, 4.69) is 17.2 Å². The SMILES string of the molecule is CCC(C)C(N)C(=O)N1CCCC(Cn2ccnn2)C1.Cl. The minimum absolute atomic E-state index is 0. The van der Waals surface area contributed by atoms with Gasteiger partial charge in [0, 0.05) is 25.8 Å². The summed E-state index contributed by atoms with van der Waals surface area (Å²) < 4.78 is 1.84. The third-order valence-corrected chi connectivity index (χ3v) is 4.29. The molecule has 0 spiro atoms. The van der Waals surface area contributed by atoms with E-state index >= 15 is 0 Å². The predicted molar refractivity (Wildman–Crippen MR) is 84.0 cm³/mol. The fourth-order valence-electron chi connectivity index (χ4n) is 2.72. The summed E-state index contributed by atoms with van der Waals surface area (Å²) in [5, 5.41) is 7.81. The van der Waals surface area contributed by atoms with Crippen molar-refractivity contribution >= 4 is 18.3 Å². The Bertz CT molecular complexity index is 425. The highest BCUT2D eigenvalue weighted by molar-refractivity contribution is 5.85. The lowest BCUT2D eigenvalue weighted by Crippen LogP contribution is -2.50. The van der Waals surface area contributed by atoms with Gasteiger partial charge >= 0.3 is 0 Å². The summed E-state index contributed by atoms with van der Waals surface area (Å²) in [6.07, 6.45) is 6.65. The molecule has 0 saturated carbocycles. The van der Waals surface area contributed by atoms with Crippen molar-refractivity contribution < 1.29 is 4.79 Å². The smallest absolute Gasteiger partial charge is 0.239 e. The molecule has 2 heterocycles. The Hall–Kier alpha value is -1.14. The molecule has 0 bridgehead atoms. The summed E-state index contributed by atoms with van der Waals surface area (Å²) in [7, 11) is 0. The van der Waals surface area contributed by atoms with Crippen molar-refractivity contribution in [2.24, 2.45) is 17.6 Å². The number of carbonyl (C=O) groups is 1. The topological polar surface area (TPSA) is 77.0 Å². The van der Waals surface area contributed by atoms with E-state index in [9.17, 15) is 4.79 Å². The molecular formula is C14H26ClN5O. The molecule has 3 atom stereocenters. The maximum Gasteiger partial charge on any atom is 0.239 e. The first kappa shape index (κ1) is 17.9. The van der Waals surface area contributed by atoms with Crippen LogP contribution < -0.4 is 5.73 Å². The van der Waals surface area contributed by atoms with Gasteiger partial charge in [-0.2, -0.15) is 0 Å². The third kappa shape index (κ3) is 4.68. The molecule has 1 aliphatic heterocycles. The van der Waals surface area contributed by atoms with Crippen molar-refractivity contribution in [3.05, 3.63) is 12.4 Å². The molecule has 1 saturated heterocycles. The minimum atomic E-state index is -0.370. The molecule has 21 heavy (non-hydrogen) atoms. The maximum absolute atomic E-state index is 12.4. The number of nitrogens with zero attached hydrogens (tertiary/aromatic N) is 4. The first-order valence-corrected chi connectivity index (χ1v) is 7.50. The summed E-state index contributed by atoms with van der Waals surface area (Å²) in [4.78, 5) is 14.3. The van der Waals surface area contributed by atoms with E-state index in [4.69, 9.17) is 5.73 Å². The summed E-state index contributed by atoms with van der Waals surface area (Å²) in [5.74, 6) is 0.777. The predicted octanol–water partition coefficient (Wildman–Crippen LogP) is 1.31. The Balaban J connectivity index is 0.00000220. The zero-order chi connectivity index (χ0) is 14.5. The average molecular weight is 316 g/mol. The number of hydrogen-bond donors (Lipinski definition) is 1. The highest BCUT2D eigenvalue weighted by Crippen LogP contribution is 2.20. The Labute approximate surface area is 132 Å². The van der Waals surface area contributed by atoms with E-state index in [-0.39, 0.29) is 30.3 Å². The zero-order valence-corrected chi connectivity index (χ0v) is 13.6. The third-order valence-electron chi connectivity index (χ3n) is 4.29. The van der Waals surface area contributed by atoms with Gasteiger partial charge in [-0.1, -0.05) is 25.5 Å². The molecule has 2 rings (SSSR count). The van der Waals surface area contributed by atoms with Crippen molar-refractivity contribution in [3.63, 3.8) is 0 Å². The molecule has 0 aliphatic carbocycles. The lowest BCUT2D eigenvalue weighted by atomic mass is 9.94. The first-order chi connectivity index (χ1) is 9.61.